The van der Waals surface area contributed by atoms with Crippen molar-refractivity contribution in [1.29, 1.82) is 0 Å². The first-order chi connectivity index (χ1) is 10.4. The van der Waals surface area contributed by atoms with Crippen LogP contribution in [0.1, 0.15) is 25.7 Å². The number of rotatable bonds is 7. The molecule has 0 aromatic rings. The Morgan fingerprint density at radius 1 is 1.09 bits per heavy atom. The molecule has 0 unspecified atom stereocenters. The quantitative estimate of drug-likeness (QED) is 0.709. The molecule has 0 spiro atoms. The molecule has 2 fully saturated rings. The van der Waals surface area contributed by atoms with Crippen LogP contribution < -0.4 is 5.32 Å². The first-order valence-electron chi connectivity index (χ1n) is 8.31. The van der Waals surface area contributed by atoms with Gasteiger partial charge < -0.3 is 10.2 Å². The van der Waals surface area contributed by atoms with Crippen molar-refractivity contribution in [1.82, 2.24) is 15.1 Å². The molecule has 1 amide bonds. The highest BCUT2D eigenvalue weighted by atomic mass is 32.2. The highest BCUT2D eigenvalue weighted by molar-refractivity contribution is 7.90. The summed E-state index contributed by atoms with van der Waals surface area (Å²) in [4.78, 5) is 16.3. The number of amides is 1. The highest BCUT2D eigenvalue weighted by Crippen LogP contribution is 2.16. The molecule has 2 aliphatic heterocycles. The zero-order chi connectivity index (χ0) is 16.0. The molecule has 0 saturated carbocycles. The van der Waals surface area contributed by atoms with Crippen LogP contribution in [0, 0.1) is 5.92 Å². The smallest absolute Gasteiger partial charge is 0.234 e. The molecule has 0 aromatic heterocycles. The SMILES string of the molecule is CS(=O)(=O)CCN1CCC(CNC(=O)CN2CCCC2)CC1. The summed E-state index contributed by atoms with van der Waals surface area (Å²) in [6, 6.07) is 0. The Bertz CT molecular complexity index is 453. The Labute approximate surface area is 134 Å². The monoisotopic (exact) mass is 331 g/mol. The van der Waals surface area contributed by atoms with Crippen LogP contribution in [0.2, 0.25) is 0 Å². The van der Waals surface area contributed by atoms with Crippen molar-refractivity contribution in [3.05, 3.63) is 0 Å². The molecule has 6 nitrogen and oxygen atoms in total. The van der Waals surface area contributed by atoms with Crippen molar-refractivity contribution in [3.8, 4) is 0 Å². The van der Waals surface area contributed by atoms with Crippen molar-refractivity contribution in [2.24, 2.45) is 5.92 Å². The molecular weight excluding hydrogens is 302 g/mol. The first kappa shape index (κ1) is 17.7. The van der Waals surface area contributed by atoms with Gasteiger partial charge in [0.25, 0.3) is 0 Å². The lowest BCUT2D eigenvalue weighted by molar-refractivity contribution is -0.122. The Balaban J connectivity index is 1.57. The van der Waals surface area contributed by atoms with E-state index in [1.54, 1.807) is 0 Å². The normalized spacial score (nSPS) is 22.0. The zero-order valence-corrected chi connectivity index (χ0v) is 14.4. The van der Waals surface area contributed by atoms with Crippen molar-refractivity contribution in [3.63, 3.8) is 0 Å². The number of hydrogen-bond acceptors (Lipinski definition) is 5. The largest absolute Gasteiger partial charge is 0.355 e. The van der Waals surface area contributed by atoms with Gasteiger partial charge in [-0.2, -0.15) is 0 Å². The number of carbonyl (C=O) groups is 1. The number of carbonyl (C=O) groups excluding carboxylic acids is 1. The lowest BCUT2D eigenvalue weighted by Crippen LogP contribution is -2.42. The van der Waals surface area contributed by atoms with Gasteiger partial charge in [0.05, 0.1) is 12.3 Å². The van der Waals surface area contributed by atoms with E-state index in [-0.39, 0.29) is 11.7 Å². The summed E-state index contributed by atoms with van der Waals surface area (Å²) in [5.74, 6) is 0.906. The van der Waals surface area contributed by atoms with E-state index in [1.807, 2.05) is 0 Å². The third-order valence-corrected chi connectivity index (χ3v) is 5.56. The maximum Gasteiger partial charge on any atom is 0.234 e. The fraction of sp³-hybridized carbons (Fsp3) is 0.933. The number of piperidine rings is 1. The van der Waals surface area contributed by atoms with Gasteiger partial charge in [-0.25, -0.2) is 8.42 Å². The summed E-state index contributed by atoms with van der Waals surface area (Å²) in [5, 5.41) is 3.06. The van der Waals surface area contributed by atoms with E-state index in [0.717, 1.165) is 45.6 Å². The summed E-state index contributed by atoms with van der Waals surface area (Å²) < 4.78 is 22.4. The molecule has 0 bridgehead atoms. The number of nitrogens with zero attached hydrogens (tertiary/aromatic N) is 2. The highest BCUT2D eigenvalue weighted by Gasteiger charge is 2.21. The lowest BCUT2D eigenvalue weighted by atomic mass is 9.97. The Hall–Kier alpha value is -0.660. The fourth-order valence-electron chi connectivity index (χ4n) is 3.17. The second-order valence-corrected chi connectivity index (χ2v) is 8.96. The summed E-state index contributed by atoms with van der Waals surface area (Å²) in [7, 11) is -2.87. The number of hydrogen-bond donors (Lipinski definition) is 1. The standard InChI is InChI=1S/C15H29N3O3S/c1-22(20,21)11-10-17-8-4-14(5-9-17)12-16-15(19)13-18-6-2-3-7-18/h14H,2-13H2,1H3,(H,16,19). The van der Waals surface area contributed by atoms with Crippen LogP contribution in [0.25, 0.3) is 0 Å². The number of nitrogens with one attached hydrogen (secondary N) is 1. The lowest BCUT2D eigenvalue weighted by Gasteiger charge is -2.31. The van der Waals surface area contributed by atoms with E-state index in [1.165, 1.54) is 19.1 Å². The van der Waals surface area contributed by atoms with E-state index in [9.17, 15) is 13.2 Å². The summed E-state index contributed by atoms with van der Waals surface area (Å²) >= 11 is 0. The predicted octanol–water partition coefficient (Wildman–Crippen LogP) is -0.0450. The third kappa shape index (κ3) is 6.62. The molecule has 7 heteroatoms. The van der Waals surface area contributed by atoms with E-state index in [4.69, 9.17) is 0 Å². The number of sulfone groups is 1. The van der Waals surface area contributed by atoms with Gasteiger partial charge in [-0.3, -0.25) is 9.69 Å². The van der Waals surface area contributed by atoms with Gasteiger partial charge >= 0.3 is 0 Å². The van der Waals surface area contributed by atoms with Crippen LogP contribution in [-0.4, -0.2) is 81.9 Å². The van der Waals surface area contributed by atoms with E-state index >= 15 is 0 Å². The Morgan fingerprint density at radius 2 is 1.73 bits per heavy atom. The first-order valence-corrected chi connectivity index (χ1v) is 10.4. The molecule has 2 heterocycles. The molecule has 0 aromatic carbocycles. The maximum absolute atomic E-state index is 11.9. The molecule has 128 valence electrons. The molecule has 22 heavy (non-hydrogen) atoms. The third-order valence-electron chi connectivity index (χ3n) is 4.64. The molecule has 0 atom stereocenters. The average Bonchev–Trinajstić information content (AvgIpc) is 2.96. The molecule has 2 rings (SSSR count). The summed E-state index contributed by atoms with van der Waals surface area (Å²) in [6.07, 6.45) is 5.77. The maximum atomic E-state index is 11.9. The van der Waals surface area contributed by atoms with Gasteiger partial charge in [0.2, 0.25) is 5.91 Å². The number of likely N-dealkylation sites (tertiary alicyclic amines) is 2. The minimum absolute atomic E-state index is 0.140. The molecule has 2 saturated heterocycles. The predicted molar refractivity (Wildman–Crippen MR) is 87.6 cm³/mol. The van der Waals surface area contributed by atoms with Gasteiger partial charge in [-0.1, -0.05) is 0 Å². The average molecular weight is 331 g/mol. The Morgan fingerprint density at radius 3 is 2.32 bits per heavy atom. The minimum atomic E-state index is -2.87. The minimum Gasteiger partial charge on any atom is -0.355 e. The van der Waals surface area contributed by atoms with Crippen molar-refractivity contribution < 1.29 is 13.2 Å². The van der Waals surface area contributed by atoms with Gasteiger partial charge in [-0.05, 0) is 57.8 Å². The van der Waals surface area contributed by atoms with Crippen molar-refractivity contribution >= 4 is 15.7 Å². The second-order valence-electron chi connectivity index (χ2n) is 6.70. The molecular formula is C15H29N3O3S. The topological polar surface area (TPSA) is 69.7 Å². The molecule has 0 radical (unpaired) electrons. The van der Waals surface area contributed by atoms with Crippen molar-refractivity contribution in [2.75, 3.05) is 57.8 Å². The van der Waals surface area contributed by atoms with Crippen LogP contribution >= 0.6 is 0 Å². The van der Waals surface area contributed by atoms with Gasteiger partial charge in [-0.15, -0.1) is 0 Å². The fourth-order valence-corrected chi connectivity index (χ4v) is 3.76. The van der Waals surface area contributed by atoms with E-state index in [2.05, 4.69) is 15.1 Å². The van der Waals surface area contributed by atoms with Crippen LogP contribution in [-0.2, 0) is 14.6 Å². The second kappa shape index (κ2) is 8.26. The van der Waals surface area contributed by atoms with Crippen LogP contribution in [0.4, 0.5) is 0 Å². The summed E-state index contributed by atoms with van der Waals surface area (Å²) in [6.45, 7) is 5.88. The van der Waals surface area contributed by atoms with Crippen LogP contribution in [0.15, 0.2) is 0 Å². The summed E-state index contributed by atoms with van der Waals surface area (Å²) in [5.41, 5.74) is 0. The van der Waals surface area contributed by atoms with Gasteiger partial charge in [0, 0.05) is 19.3 Å². The van der Waals surface area contributed by atoms with Crippen LogP contribution in [0.5, 0.6) is 0 Å². The van der Waals surface area contributed by atoms with Crippen LogP contribution in [0.3, 0.4) is 0 Å². The van der Waals surface area contributed by atoms with Gasteiger partial charge in [0.1, 0.15) is 9.84 Å². The van der Waals surface area contributed by atoms with Gasteiger partial charge in [0.15, 0.2) is 0 Å². The van der Waals surface area contributed by atoms with E-state index in [0.29, 0.717) is 19.0 Å². The Kier molecular flexibility index (Phi) is 6.65. The van der Waals surface area contributed by atoms with Crippen molar-refractivity contribution in [2.45, 2.75) is 25.7 Å². The zero-order valence-electron chi connectivity index (χ0n) is 13.6. The van der Waals surface area contributed by atoms with E-state index < -0.39 is 9.84 Å². The molecule has 0 aliphatic carbocycles. The molecule has 2 aliphatic rings. The molecule has 1 N–H and O–H groups in total.